The van der Waals surface area contributed by atoms with E-state index in [4.69, 9.17) is 16.0 Å². The van der Waals surface area contributed by atoms with Gasteiger partial charge in [0.15, 0.2) is 5.76 Å². The summed E-state index contributed by atoms with van der Waals surface area (Å²) in [6.07, 6.45) is -3.81. The molecule has 3 aromatic rings. The minimum Gasteiger partial charge on any atom is -0.451 e. The van der Waals surface area contributed by atoms with Gasteiger partial charge in [-0.05, 0) is 31.2 Å². The van der Waals surface area contributed by atoms with Gasteiger partial charge in [0.25, 0.3) is 5.91 Å². The molecule has 5 nitrogen and oxygen atoms in total. The number of hydrogen-bond donors (Lipinski definition) is 2. The quantitative estimate of drug-likeness (QED) is 0.483. The summed E-state index contributed by atoms with van der Waals surface area (Å²) in [6.45, 7) is 2.20. The Morgan fingerprint density at radius 2 is 2.04 bits per heavy atom. The number of anilines is 1. The molecular formula is C18H14BrClF3N3O2. The number of benzene rings is 1. The maximum atomic E-state index is 12.6. The summed E-state index contributed by atoms with van der Waals surface area (Å²) < 4.78 is 44.3. The average Bonchev–Trinajstić information content (AvgIpc) is 2.95. The summed E-state index contributed by atoms with van der Waals surface area (Å²) in [4.78, 5) is 16.0. The number of pyridine rings is 1. The van der Waals surface area contributed by atoms with Gasteiger partial charge in [0, 0.05) is 34.7 Å². The van der Waals surface area contributed by atoms with Gasteiger partial charge in [-0.15, -0.1) is 0 Å². The molecule has 1 amide bonds. The number of amides is 1. The number of carbonyl (C=O) groups excluding carboxylic acids is 1. The smallest absolute Gasteiger partial charge is 0.417 e. The van der Waals surface area contributed by atoms with Gasteiger partial charge >= 0.3 is 6.18 Å². The SMILES string of the molecule is Cc1c(C(=O)NCCNc2ncc(C(F)(F)F)cc2Cl)oc2ccc(Br)cc12. The molecule has 2 heterocycles. The molecule has 28 heavy (non-hydrogen) atoms. The first-order valence-electron chi connectivity index (χ1n) is 8.10. The van der Waals surface area contributed by atoms with E-state index in [0.717, 1.165) is 15.9 Å². The van der Waals surface area contributed by atoms with Gasteiger partial charge in [0.1, 0.15) is 11.4 Å². The van der Waals surface area contributed by atoms with Gasteiger partial charge in [-0.25, -0.2) is 4.98 Å². The van der Waals surface area contributed by atoms with E-state index in [-0.39, 0.29) is 29.7 Å². The van der Waals surface area contributed by atoms with Crippen LogP contribution in [0.2, 0.25) is 5.02 Å². The predicted octanol–water partition coefficient (Wildman–Crippen LogP) is 5.41. The molecule has 148 valence electrons. The first-order valence-corrected chi connectivity index (χ1v) is 9.27. The number of nitrogens with zero attached hydrogens (tertiary/aromatic N) is 1. The van der Waals surface area contributed by atoms with Crippen LogP contribution in [0.15, 0.2) is 39.4 Å². The van der Waals surface area contributed by atoms with Crippen LogP contribution in [-0.2, 0) is 6.18 Å². The van der Waals surface area contributed by atoms with Gasteiger partial charge in [-0.2, -0.15) is 13.2 Å². The molecule has 0 bridgehead atoms. The Balaban J connectivity index is 1.58. The zero-order valence-electron chi connectivity index (χ0n) is 14.5. The minimum atomic E-state index is -4.51. The molecule has 3 rings (SSSR count). The summed E-state index contributed by atoms with van der Waals surface area (Å²) in [7, 11) is 0. The second kappa shape index (κ2) is 8.00. The van der Waals surface area contributed by atoms with E-state index in [1.165, 1.54) is 0 Å². The number of halogens is 5. The third-order valence-electron chi connectivity index (χ3n) is 3.98. The van der Waals surface area contributed by atoms with E-state index in [1.807, 2.05) is 12.1 Å². The Labute approximate surface area is 171 Å². The maximum absolute atomic E-state index is 12.6. The fourth-order valence-electron chi connectivity index (χ4n) is 2.57. The van der Waals surface area contributed by atoms with Crippen LogP contribution in [0.3, 0.4) is 0 Å². The Morgan fingerprint density at radius 1 is 1.29 bits per heavy atom. The maximum Gasteiger partial charge on any atom is 0.417 e. The third kappa shape index (κ3) is 4.41. The topological polar surface area (TPSA) is 67.2 Å². The highest BCUT2D eigenvalue weighted by molar-refractivity contribution is 9.10. The van der Waals surface area contributed by atoms with Crippen LogP contribution >= 0.6 is 27.5 Å². The molecule has 0 saturated heterocycles. The Hall–Kier alpha value is -2.26. The van der Waals surface area contributed by atoms with Crippen molar-refractivity contribution in [2.24, 2.45) is 0 Å². The van der Waals surface area contributed by atoms with Gasteiger partial charge in [0.2, 0.25) is 0 Å². The average molecular weight is 477 g/mol. The van der Waals surface area contributed by atoms with Gasteiger partial charge in [-0.3, -0.25) is 4.79 Å². The van der Waals surface area contributed by atoms with E-state index in [9.17, 15) is 18.0 Å². The van der Waals surface area contributed by atoms with E-state index in [0.29, 0.717) is 17.3 Å². The van der Waals surface area contributed by atoms with Gasteiger partial charge in [-0.1, -0.05) is 27.5 Å². The molecule has 2 aromatic heterocycles. The van der Waals surface area contributed by atoms with Gasteiger partial charge < -0.3 is 15.1 Å². The molecule has 0 aliphatic heterocycles. The second-order valence-corrected chi connectivity index (χ2v) is 7.25. The monoisotopic (exact) mass is 475 g/mol. The number of hydrogen-bond acceptors (Lipinski definition) is 4. The van der Waals surface area contributed by atoms with Crippen molar-refractivity contribution < 1.29 is 22.4 Å². The summed E-state index contributed by atoms with van der Waals surface area (Å²) >= 11 is 9.20. The molecule has 0 aliphatic rings. The Morgan fingerprint density at radius 3 is 2.71 bits per heavy atom. The van der Waals surface area contributed by atoms with Crippen LogP contribution in [0.25, 0.3) is 11.0 Å². The molecule has 2 N–H and O–H groups in total. The van der Waals surface area contributed by atoms with Crippen molar-refractivity contribution in [2.75, 3.05) is 18.4 Å². The first-order chi connectivity index (χ1) is 13.2. The zero-order chi connectivity index (χ0) is 20.5. The van der Waals surface area contributed by atoms with E-state index < -0.39 is 17.6 Å². The van der Waals surface area contributed by atoms with Crippen LogP contribution in [0, 0.1) is 6.92 Å². The van der Waals surface area contributed by atoms with Crippen LogP contribution in [-0.4, -0.2) is 24.0 Å². The highest BCUT2D eigenvalue weighted by Gasteiger charge is 2.31. The summed E-state index contributed by atoms with van der Waals surface area (Å²) in [5.41, 5.74) is 0.391. The fraction of sp³-hybridized carbons (Fsp3) is 0.222. The zero-order valence-corrected chi connectivity index (χ0v) is 16.8. The van der Waals surface area contributed by atoms with Crippen molar-refractivity contribution in [1.29, 1.82) is 0 Å². The van der Waals surface area contributed by atoms with E-state index >= 15 is 0 Å². The number of furan rings is 1. The number of aromatic nitrogens is 1. The fourth-order valence-corrected chi connectivity index (χ4v) is 3.16. The Bertz CT molecular complexity index is 1040. The lowest BCUT2D eigenvalue weighted by molar-refractivity contribution is -0.137. The number of rotatable bonds is 5. The third-order valence-corrected chi connectivity index (χ3v) is 4.76. The van der Waals surface area contributed by atoms with Gasteiger partial charge in [0.05, 0.1) is 10.6 Å². The first kappa shape index (κ1) is 20.5. The molecule has 0 fully saturated rings. The summed E-state index contributed by atoms with van der Waals surface area (Å²) in [6, 6.07) is 6.25. The predicted molar refractivity (Wildman–Crippen MR) is 104 cm³/mol. The number of alkyl halides is 3. The van der Waals surface area contributed by atoms with Crippen molar-refractivity contribution in [3.05, 3.63) is 56.8 Å². The molecule has 0 atom stereocenters. The van der Waals surface area contributed by atoms with Crippen LogP contribution < -0.4 is 10.6 Å². The molecule has 10 heteroatoms. The largest absolute Gasteiger partial charge is 0.451 e. The highest BCUT2D eigenvalue weighted by atomic mass is 79.9. The van der Waals surface area contributed by atoms with E-state index in [1.54, 1.807) is 13.0 Å². The van der Waals surface area contributed by atoms with Crippen molar-refractivity contribution in [3.63, 3.8) is 0 Å². The number of aryl methyl sites for hydroxylation is 1. The summed E-state index contributed by atoms with van der Waals surface area (Å²) in [5.74, 6) is -0.0782. The second-order valence-electron chi connectivity index (χ2n) is 5.93. The lowest BCUT2D eigenvalue weighted by Gasteiger charge is -2.11. The normalized spacial score (nSPS) is 11.6. The number of nitrogens with one attached hydrogen (secondary N) is 2. The standard InChI is InChI=1S/C18H14BrClF3N3O2/c1-9-12-7-11(19)2-3-14(12)28-15(9)17(27)25-5-4-24-16-13(20)6-10(8-26-16)18(21,22)23/h2-3,6-8H,4-5H2,1H3,(H,24,26)(H,25,27). The van der Waals surface area contributed by atoms with E-state index in [2.05, 4.69) is 31.5 Å². The molecular weight excluding hydrogens is 463 g/mol. The number of carbonyl (C=O) groups is 1. The molecule has 0 spiro atoms. The van der Waals surface area contributed by atoms with Crippen molar-refractivity contribution in [1.82, 2.24) is 10.3 Å². The Kier molecular flexibility index (Phi) is 5.85. The van der Waals surface area contributed by atoms with Crippen LogP contribution in [0.5, 0.6) is 0 Å². The molecule has 0 aliphatic carbocycles. The van der Waals surface area contributed by atoms with Crippen molar-refractivity contribution >= 4 is 50.2 Å². The number of fused-ring (bicyclic) bond motifs is 1. The minimum absolute atomic E-state index is 0.105. The molecule has 0 radical (unpaired) electrons. The molecule has 0 saturated carbocycles. The highest BCUT2D eigenvalue weighted by Crippen LogP contribution is 2.32. The molecule has 1 aromatic carbocycles. The van der Waals surface area contributed by atoms with Crippen molar-refractivity contribution in [3.8, 4) is 0 Å². The molecule has 0 unspecified atom stereocenters. The van der Waals surface area contributed by atoms with Crippen molar-refractivity contribution in [2.45, 2.75) is 13.1 Å². The van der Waals surface area contributed by atoms with Crippen LogP contribution in [0.4, 0.5) is 19.0 Å². The lowest BCUT2D eigenvalue weighted by atomic mass is 10.1. The van der Waals surface area contributed by atoms with Crippen LogP contribution in [0.1, 0.15) is 21.7 Å². The lowest BCUT2D eigenvalue weighted by Crippen LogP contribution is -2.29. The summed E-state index contributed by atoms with van der Waals surface area (Å²) in [5, 5.41) is 6.15.